The fourth-order valence-electron chi connectivity index (χ4n) is 1.86. The zero-order valence-electron chi connectivity index (χ0n) is 10.9. The van der Waals surface area contributed by atoms with Gasteiger partial charge in [-0.2, -0.15) is 4.98 Å². The molecular formula is C14H17N3OS. The van der Waals surface area contributed by atoms with E-state index in [9.17, 15) is 0 Å². The largest absolute Gasteiger partial charge is 0.339 e. The van der Waals surface area contributed by atoms with E-state index in [4.69, 9.17) is 10.3 Å². The molecule has 1 aromatic carbocycles. The van der Waals surface area contributed by atoms with Gasteiger partial charge in [-0.3, -0.25) is 0 Å². The molecule has 0 radical (unpaired) electrons. The lowest BCUT2D eigenvalue weighted by Crippen LogP contribution is -2.04. The zero-order chi connectivity index (χ0) is 13.2. The van der Waals surface area contributed by atoms with Crippen LogP contribution in [0.25, 0.3) is 0 Å². The Morgan fingerprint density at radius 2 is 2.32 bits per heavy atom. The molecule has 2 N–H and O–H groups in total. The Kier molecular flexibility index (Phi) is 3.57. The smallest absolute Gasteiger partial charge is 0.229 e. The molecule has 0 aliphatic heterocycles. The quantitative estimate of drug-likeness (QED) is 0.848. The summed E-state index contributed by atoms with van der Waals surface area (Å²) in [5, 5.41) is 4.02. The van der Waals surface area contributed by atoms with Gasteiger partial charge in [-0.15, -0.1) is 11.8 Å². The molecule has 1 aliphatic carbocycles. The standard InChI is InChI=1S/C14H17N3OS/c1-9(15)11-3-2-4-12(7-11)19-8-13-16-14(18-17-13)10-5-6-10/h2-4,7,9-10H,5-6,8,15H2,1H3. The van der Waals surface area contributed by atoms with Crippen molar-refractivity contribution < 1.29 is 4.52 Å². The molecule has 2 aromatic rings. The predicted molar refractivity (Wildman–Crippen MR) is 74.9 cm³/mol. The number of hydrogen-bond donors (Lipinski definition) is 1. The van der Waals surface area contributed by atoms with E-state index < -0.39 is 0 Å². The molecule has 5 heteroatoms. The molecule has 1 unspecified atom stereocenters. The van der Waals surface area contributed by atoms with Gasteiger partial charge in [0.25, 0.3) is 0 Å². The molecule has 0 spiro atoms. The molecule has 4 nitrogen and oxygen atoms in total. The SMILES string of the molecule is CC(N)c1cccc(SCc2noc(C3CC3)n2)c1. The van der Waals surface area contributed by atoms with Crippen LogP contribution in [0.5, 0.6) is 0 Å². The maximum atomic E-state index is 5.88. The predicted octanol–water partition coefficient (Wildman–Crippen LogP) is 3.26. The molecule has 19 heavy (non-hydrogen) atoms. The third kappa shape index (κ3) is 3.16. The van der Waals surface area contributed by atoms with Crippen molar-refractivity contribution >= 4 is 11.8 Å². The van der Waals surface area contributed by atoms with Gasteiger partial charge >= 0.3 is 0 Å². The lowest BCUT2D eigenvalue weighted by atomic mass is 10.1. The van der Waals surface area contributed by atoms with Gasteiger partial charge in [0.2, 0.25) is 5.89 Å². The summed E-state index contributed by atoms with van der Waals surface area (Å²) in [5.74, 6) is 2.84. The van der Waals surface area contributed by atoms with Gasteiger partial charge in [0.1, 0.15) is 0 Å². The fraction of sp³-hybridized carbons (Fsp3) is 0.429. The van der Waals surface area contributed by atoms with Crippen molar-refractivity contribution in [3.63, 3.8) is 0 Å². The van der Waals surface area contributed by atoms with Crippen LogP contribution in [0.4, 0.5) is 0 Å². The number of rotatable bonds is 5. The highest BCUT2D eigenvalue weighted by molar-refractivity contribution is 7.98. The Morgan fingerprint density at radius 3 is 3.05 bits per heavy atom. The van der Waals surface area contributed by atoms with Crippen molar-refractivity contribution in [1.29, 1.82) is 0 Å². The van der Waals surface area contributed by atoms with E-state index in [2.05, 4.69) is 22.3 Å². The van der Waals surface area contributed by atoms with Crippen LogP contribution in [-0.4, -0.2) is 10.1 Å². The Hall–Kier alpha value is -1.33. The van der Waals surface area contributed by atoms with Crippen LogP contribution in [-0.2, 0) is 5.75 Å². The summed E-state index contributed by atoms with van der Waals surface area (Å²) in [6, 6.07) is 8.35. The van der Waals surface area contributed by atoms with Crippen LogP contribution in [0.1, 0.15) is 49.0 Å². The van der Waals surface area contributed by atoms with Gasteiger partial charge in [0, 0.05) is 16.9 Å². The number of hydrogen-bond acceptors (Lipinski definition) is 5. The van der Waals surface area contributed by atoms with E-state index in [1.807, 2.05) is 19.1 Å². The van der Waals surface area contributed by atoms with Gasteiger partial charge in [-0.1, -0.05) is 17.3 Å². The summed E-state index contributed by atoms with van der Waals surface area (Å²) < 4.78 is 5.24. The molecule has 0 saturated heterocycles. The second-order valence-electron chi connectivity index (χ2n) is 4.97. The summed E-state index contributed by atoms with van der Waals surface area (Å²) in [6.45, 7) is 1.99. The van der Waals surface area contributed by atoms with Crippen molar-refractivity contribution in [2.24, 2.45) is 5.73 Å². The van der Waals surface area contributed by atoms with Crippen LogP contribution >= 0.6 is 11.8 Å². The lowest BCUT2D eigenvalue weighted by molar-refractivity contribution is 0.375. The van der Waals surface area contributed by atoms with Crippen molar-refractivity contribution in [2.75, 3.05) is 0 Å². The Bertz CT molecular complexity index is 563. The normalized spacial score (nSPS) is 16.5. The number of nitrogens with zero attached hydrogens (tertiary/aromatic N) is 2. The average molecular weight is 275 g/mol. The molecule has 100 valence electrons. The van der Waals surface area contributed by atoms with Crippen LogP contribution < -0.4 is 5.73 Å². The van der Waals surface area contributed by atoms with Crippen LogP contribution in [0.3, 0.4) is 0 Å². The number of benzene rings is 1. The first kappa shape index (κ1) is 12.7. The number of thioether (sulfide) groups is 1. The van der Waals surface area contributed by atoms with Crippen LogP contribution in [0, 0.1) is 0 Å². The third-order valence-corrected chi connectivity index (χ3v) is 4.15. The number of nitrogens with two attached hydrogens (primary N) is 1. The van der Waals surface area contributed by atoms with Gasteiger partial charge in [0.15, 0.2) is 5.82 Å². The first-order valence-corrected chi connectivity index (χ1v) is 7.52. The topological polar surface area (TPSA) is 64.9 Å². The minimum Gasteiger partial charge on any atom is -0.339 e. The maximum Gasteiger partial charge on any atom is 0.229 e. The molecule has 1 heterocycles. The molecule has 0 amide bonds. The van der Waals surface area contributed by atoms with Crippen molar-refractivity contribution in [1.82, 2.24) is 10.1 Å². The second-order valence-corrected chi connectivity index (χ2v) is 6.02. The first-order chi connectivity index (χ1) is 9.22. The minimum absolute atomic E-state index is 0.0622. The van der Waals surface area contributed by atoms with E-state index in [1.54, 1.807) is 11.8 Å². The van der Waals surface area contributed by atoms with E-state index in [1.165, 1.54) is 17.7 Å². The molecule has 1 aromatic heterocycles. The van der Waals surface area contributed by atoms with E-state index in [0.29, 0.717) is 5.92 Å². The zero-order valence-corrected chi connectivity index (χ0v) is 11.7. The summed E-state index contributed by atoms with van der Waals surface area (Å²) in [7, 11) is 0. The summed E-state index contributed by atoms with van der Waals surface area (Å²) in [6.07, 6.45) is 2.37. The Balaban J connectivity index is 1.62. The minimum atomic E-state index is 0.0622. The van der Waals surface area contributed by atoms with Crippen LogP contribution in [0.15, 0.2) is 33.7 Å². The highest BCUT2D eigenvalue weighted by atomic mass is 32.2. The highest BCUT2D eigenvalue weighted by Gasteiger charge is 2.29. The summed E-state index contributed by atoms with van der Waals surface area (Å²) in [4.78, 5) is 5.61. The van der Waals surface area contributed by atoms with Crippen LogP contribution in [0.2, 0.25) is 0 Å². The van der Waals surface area contributed by atoms with Crippen molar-refractivity contribution in [2.45, 2.75) is 42.4 Å². The highest BCUT2D eigenvalue weighted by Crippen LogP contribution is 2.39. The molecular weight excluding hydrogens is 258 g/mol. The Labute approximate surface area is 116 Å². The first-order valence-electron chi connectivity index (χ1n) is 6.53. The van der Waals surface area contributed by atoms with Gasteiger partial charge < -0.3 is 10.3 Å². The molecule has 3 rings (SSSR count). The third-order valence-electron chi connectivity index (χ3n) is 3.16. The van der Waals surface area contributed by atoms with E-state index in [0.717, 1.165) is 23.0 Å². The van der Waals surface area contributed by atoms with E-state index >= 15 is 0 Å². The maximum absolute atomic E-state index is 5.88. The monoisotopic (exact) mass is 275 g/mol. The second kappa shape index (κ2) is 5.35. The molecule has 0 bridgehead atoms. The Morgan fingerprint density at radius 1 is 1.47 bits per heavy atom. The molecule has 1 saturated carbocycles. The van der Waals surface area contributed by atoms with E-state index in [-0.39, 0.29) is 6.04 Å². The fourth-order valence-corrected chi connectivity index (χ4v) is 2.66. The molecule has 1 atom stereocenters. The average Bonchev–Trinajstić information content (AvgIpc) is 3.16. The summed E-state index contributed by atoms with van der Waals surface area (Å²) >= 11 is 1.71. The number of aromatic nitrogens is 2. The summed E-state index contributed by atoms with van der Waals surface area (Å²) in [5.41, 5.74) is 7.03. The molecule has 1 fully saturated rings. The van der Waals surface area contributed by atoms with Crippen molar-refractivity contribution in [3.8, 4) is 0 Å². The lowest BCUT2D eigenvalue weighted by Gasteiger charge is -2.07. The molecule has 1 aliphatic rings. The van der Waals surface area contributed by atoms with Gasteiger partial charge in [-0.05, 0) is 37.5 Å². The van der Waals surface area contributed by atoms with Gasteiger partial charge in [0.05, 0.1) is 5.75 Å². The van der Waals surface area contributed by atoms with Crippen molar-refractivity contribution in [3.05, 3.63) is 41.5 Å². The van der Waals surface area contributed by atoms with Gasteiger partial charge in [-0.25, -0.2) is 0 Å².